The van der Waals surface area contributed by atoms with Gasteiger partial charge in [-0.05, 0) is 43.4 Å². The Morgan fingerprint density at radius 2 is 0.505 bits per heavy atom. The Kier molecular flexibility index (Phi) is 70.9. The minimum atomic E-state index is -4.96. The van der Waals surface area contributed by atoms with E-state index in [1.807, 2.05) is 0 Å². The minimum Gasteiger partial charge on any atom is -0.462 e. The topological polar surface area (TPSA) is 237 Å². The second-order valence-corrected chi connectivity index (χ2v) is 33.6. The van der Waals surface area contributed by atoms with Crippen LogP contribution in [-0.2, 0) is 65.4 Å². The van der Waals surface area contributed by atoms with E-state index in [2.05, 4.69) is 48.5 Å². The molecule has 0 amide bonds. The van der Waals surface area contributed by atoms with Crippen LogP contribution in [0.25, 0.3) is 0 Å². The van der Waals surface area contributed by atoms with E-state index in [9.17, 15) is 43.2 Å². The fourth-order valence-corrected chi connectivity index (χ4v) is 14.2. The van der Waals surface area contributed by atoms with Crippen molar-refractivity contribution in [3.05, 3.63) is 0 Å². The van der Waals surface area contributed by atoms with E-state index in [1.165, 1.54) is 238 Å². The van der Waals surface area contributed by atoms with Crippen LogP contribution in [0, 0.1) is 17.8 Å². The highest BCUT2D eigenvalue weighted by Crippen LogP contribution is 2.45. The van der Waals surface area contributed by atoms with Gasteiger partial charge in [-0.3, -0.25) is 37.3 Å². The lowest BCUT2D eigenvalue weighted by molar-refractivity contribution is -0.161. The van der Waals surface area contributed by atoms with Crippen molar-refractivity contribution >= 4 is 39.5 Å². The molecule has 0 aliphatic rings. The second-order valence-electron chi connectivity index (χ2n) is 30.7. The molecule has 0 bridgehead atoms. The van der Waals surface area contributed by atoms with Gasteiger partial charge in [0, 0.05) is 25.7 Å². The van der Waals surface area contributed by atoms with Gasteiger partial charge in [0.2, 0.25) is 0 Å². The van der Waals surface area contributed by atoms with Crippen LogP contribution in [0.3, 0.4) is 0 Å². The summed E-state index contributed by atoms with van der Waals surface area (Å²) in [4.78, 5) is 73.1. The van der Waals surface area contributed by atoms with Gasteiger partial charge in [-0.25, -0.2) is 9.13 Å². The fraction of sp³-hybridized carbons (Fsp3) is 0.951. The quantitative estimate of drug-likeness (QED) is 0.0222. The van der Waals surface area contributed by atoms with Gasteiger partial charge in [0.05, 0.1) is 26.4 Å². The number of unbranched alkanes of at least 4 members (excludes halogenated alkanes) is 47. The van der Waals surface area contributed by atoms with Crippen molar-refractivity contribution < 1.29 is 80.2 Å². The lowest BCUT2D eigenvalue weighted by atomic mass is 9.99. The van der Waals surface area contributed by atoms with E-state index in [0.29, 0.717) is 25.7 Å². The molecule has 6 atom stereocenters. The summed E-state index contributed by atoms with van der Waals surface area (Å²) in [7, 11) is -9.92. The summed E-state index contributed by atoms with van der Waals surface area (Å²) in [6, 6.07) is 0. The smallest absolute Gasteiger partial charge is 0.462 e. The molecule has 600 valence electrons. The van der Waals surface area contributed by atoms with Crippen LogP contribution in [0.1, 0.15) is 427 Å². The summed E-state index contributed by atoms with van der Waals surface area (Å²) in [5, 5.41) is 10.6. The van der Waals surface area contributed by atoms with Crippen molar-refractivity contribution in [1.29, 1.82) is 0 Å². The number of esters is 4. The maximum Gasteiger partial charge on any atom is 0.472 e. The number of phosphoric acid groups is 2. The molecular formula is C82H160O17P2. The van der Waals surface area contributed by atoms with E-state index in [1.54, 1.807) is 0 Å². The largest absolute Gasteiger partial charge is 0.472 e. The Bertz CT molecular complexity index is 1960. The van der Waals surface area contributed by atoms with Gasteiger partial charge in [-0.2, -0.15) is 0 Å². The Labute approximate surface area is 619 Å². The molecule has 101 heavy (non-hydrogen) atoms. The highest BCUT2D eigenvalue weighted by molar-refractivity contribution is 7.47. The number of rotatable bonds is 80. The molecule has 0 saturated carbocycles. The first-order valence-corrected chi connectivity index (χ1v) is 45.4. The van der Waals surface area contributed by atoms with Crippen molar-refractivity contribution in [3.8, 4) is 0 Å². The van der Waals surface area contributed by atoms with Gasteiger partial charge in [0.1, 0.15) is 19.3 Å². The summed E-state index contributed by atoms with van der Waals surface area (Å²) >= 11 is 0. The maximum absolute atomic E-state index is 13.1. The first-order valence-electron chi connectivity index (χ1n) is 42.4. The van der Waals surface area contributed by atoms with Gasteiger partial charge >= 0.3 is 39.5 Å². The Morgan fingerprint density at radius 3 is 0.752 bits per heavy atom. The van der Waals surface area contributed by atoms with Crippen LogP contribution in [-0.4, -0.2) is 96.7 Å². The molecule has 0 aliphatic carbocycles. The monoisotopic (exact) mass is 1480 g/mol. The number of hydrogen-bond donors (Lipinski definition) is 3. The Morgan fingerprint density at radius 1 is 0.287 bits per heavy atom. The van der Waals surface area contributed by atoms with Gasteiger partial charge in [-0.1, -0.05) is 376 Å². The van der Waals surface area contributed by atoms with Crippen LogP contribution in [0.2, 0.25) is 0 Å². The van der Waals surface area contributed by atoms with Gasteiger partial charge in [-0.15, -0.1) is 0 Å². The third kappa shape index (κ3) is 74.7. The number of hydrogen-bond acceptors (Lipinski definition) is 15. The molecule has 0 radical (unpaired) electrons. The first-order chi connectivity index (χ1) is 48.8. The van der Waals surface area contributed by atoms with Crippen LogP contribution in [0.15, 0.2) is 0 Å². The van der Waals surface area contributed by atoms with Gasteiger partial charge in [0.25, 0.3) is 0 Å². The molecule has 0 aromatic rings. The molecule has 0 aliphatic heterocycles. The summed E-state index contributed by atoms with van der Waals surface area (Å²) in [6.07, 6.45) is 61.1. The zero-order valence-corrected chi connectivity index (χ0v) is 68.2. The Balaban J connectivity index is 5.24. The van der Waals surface area contributed by atoms with Crippen LogP contribution < -0.4 is 0 Å². The summed E-state index contributed by atoms with van der Waals surface area (Å²) < 4.78 is 68.7. The molecule has 19 heteroatoms. The van der Waals surface area contributed by atoms with Crippen molar-refractivity contribution in [3.63, 3.8) is 0 Å². The maximum atomic E-state index is 13.1. The summed E-state index contributed by atoms with van der Waals surface area (Å²) in [5.41, 5.74) is 0. The predicted molar refractivity (Wildman–Crippen MR) is 414 cm³/mol. The molecule has 3 unspecified atom stereocenters. The van der Waals surface area contributed by atoms with Crippen molar-refractivity contribution in [2.75, 3.05) is 39.6 Å². The van der Waals surface area contributed by atoms with Gasteiger partial charge < -0.3 is 33.8 Å². The zero-order chi connectivity index (χ0) is 74.4. The highest BCUT2D eigenvalue weighted by atomic mass is 31.2. The molecule has 0 heterocycles. The molecule has 0 spiro atoms. The highest BCUT2D eigenvalue weighted by Gasteiger charge is 2.30. The average Bonchev–Trinajstić information content (AvgIpc) is 0.963. The number of aliphatic hydroxyl groups is 1. The van der Waals surface area contributed by atoms with Crippen LogP contribution in [0.4, 0.5) is 0 Å². The zero-order valence-electron chi connectivity index (χ0n) is 66.4. The molecule has 0 aromatic carbocycles. The number of aliphatic hydroxyl groups excluding tert-OH is 1. The molecule has 17 nitrogen and oxygen atoms in total. The van der Waals surface area contributed by atoms with E-state index in [4.69, 9.17) is 37.0 Å². The standard InChI is InChI=1S/C82H160O17P2/c1-8-10-11-12-13-14-15-16-17-23-26-29-34-42-49-56-63-79(84)92-69-77(98-81(86)65-58-51-44-35-30-27-24-21-19-18-20-22-25-28-32-39-46-53-60-73(3)4)71-96-100(88,89)94-67-76(83)68-95-101(90,91)97-72-78(99-82(87)66-59-52-45-36-31-33-40-47-54-61-74(5)6)70-93-80(85)64-57-50-43-38-37-41-48-55-62-75(7)9-2/h73-78,83H,8-72H2,1-7H3,(H,88,89)(H,90,91)/t75?,76-,77-,78-/m1/s1. The predicted octanol–water partition coefficient (Wildman–Crippen LogP) is 24.5. The third-order valence-corrected chi connectivity index (χ3v) is 21.4. The van der Waals surface area contributed by atoms with Crippen molar-refractivity contribution in [2.45, 2.75) is 446 Å². The Hall–Kier alpha value is -1.94. The fourth-order valence-electron chi connectivity index (χ4n) is 12.6. The van der Waals surface area contributed by atoms with E-state index in [0.717, 1.165) is 108 Å². The summed E-state index contributed by atoms with van der Waals surface area (Å²) in [6.45, 7) is 12.0. The third-order valence-electron chi connectivity index (χ3n) is 19.5. The minimum absolute atomic E-state index is 0.105. The number of carbonyl (C=O) groups excluding carboxylic acids is 4. The van der Waals surface area contributed by atoms with Crippen molar-refractivity contribution in [2.24, 2.45) is 17.8 Å². The molecule has 0 rings (SSSR count). The van der Waals surface area contributed by atoms with E-state index in [-0.39, 0.29) is 25.7 Å². The molecule has 0 saturated heterocycles. The molecule has 0 aromatic heterocycles. The summed E-state index contributed by atoms with van der Waals surface area (Å²) in [5.74, 6) is 0.224. The molecule has 0 fully saturated rings. The number of carbonyl (C=O) groups is 4. The van der Waals surface area contributed by atoms with Crippen LogP contribution >= 0.6 is 15.6 Å². The molecular weight excluding hydrogens is 1320 g/mol. The average molecular weight is 1480 g/mol. The number of ether oxygens (including phenoxy) is 4. The molecule has 3 N–H and O–H groups in total. The van der Waals surface area contributed by atoms with E-state index < -0.39 is 97.5 Å². The lowest BCUT2D eigenvalue weighted by Crippen LogP contribution is -2.30. The normalized spacial score (nSPS) is 14.2. The first kappa shape index (κ1) is 99.1. The van der Waals surface area contributed by atoms with Gasteiger partial charge in [0.15, 0.2) is 12.2 Å². The van der Waals surface area contributed by atoms with E-state index >= 15 is 0 Å². The number of phosphoric ester groups is 2. The SMILES string of the molecule is CCCCCCCCCCCCCCCCCCC(=O)OC[C@H](COP(=O)(O)OC[C@@H](O)COP(=O)(O)OC[C@@H](COC(=O)CCCCCCCCCCC(C)CC)OC(=O)CCCCCCCCCCCC(C)C)OC(=O)CCCCCCCCCCCCCCCCCCCCC(C)C. The van der Waals surface area contributed by atoms with Crippen molar-refractivity contribution in [1.82, 2.24) is 0 Å². The van der Waals surface area contributed by atoms with Crippen LogP contribution in [0.5, 0.6) is 0 Å². The lowest BCUT2D eigenvalue weighted by Gasteiger charge is -2.21. The second kappa shape index (κ2) is 72.3.